The summed E-state index contributed by atoms with van der Waals surface area (Å²) in [7, 11) is -1.28. The molecule has 160 valence electrons. The highest BCUT2D eigenvalue weighted by Gasteiger charge is 2.24. The van der Waals surface area contributed by atoms with Crippen molar-refractivity contribution < 1.29 is 8.42 Å². The first-order chi connectivity index (χ1) is 14.9. The average Bonchev–Trinajstić information content (AvgIpc) is 3.39. The number of fused-ring (bicyclic) bond motifs is 1. The van der Waals surface area contributed by atoms with Crippen LogP contribution in [-0.2, 0) is 17.1 Å². The van der Waals surface area contributed by atoms with Crippen LogP contribution in [0.1, 0.15) is 0 Å². The van der Waals surface area contributed by atoms with Crippen molar-refractivity contribution in [3.8, 4) is 16.9 Å². The van der Waals surface area contributed by atoms with Gasteiger partial charge >= 0.3 is 0 Å². The highest BCUT2D eigenvalue weighted by atomic mass is 32.2. The van der Waals surface area contributed by atoms with Gasteiger partial charge in [-0.1, -0.05) is 12.1 Å². The van der Waals surface area contributed by atoms with Gasteiger partial charge in [0, 0.05) is 56.4 Å². The van der Waals surface area contributed by atoms with Crippen LogP contribution in [0.4, 0.5) is 5.82 Å². The Balaban J connectivity index is 1.46. The number of sulfonamides is 1. The molecule has 31 heavy (non-hydrogen) atoms. The van der Waals surface area contributed by atoms with E-state index in [1.165, 1.54) is 16.9 Å². The molecule has 0 saturated carbocycles. The van der Waals surface area contributed by atoms with Gasteiger partial charge in [-0.25, -0.2) is 23.1 Å². The molecule has 0 atom stereocenters. The first-order valence-electron chi connectivity index (χ1n) is 9.88. The van der Waals surface area contributed by atoms with Crippen LogP contribution in [0.5, 0.6) is 0 Å². The quantitative estimate of drug-likeness (QED) is 0.473. The summed E-state index contributed by atoms with van der Waals surface area (Å²) in [4.78, 5) is 10.9. The van der Waals surface area contributed by atoms with Gasteiger partial charge in [-0.3, -0.25) is 4.68 Å². The number of aromatic nitrogens is 6. The fourth-order valence-electron chi connectivity index (χ4n) is 3.83. The normalized spacial score (nSPS) is 15.6. The SMILES string of the molecule is Cn1cc(-c2ccc3cnn(-c4cc(N5CCN(S(C)(=O)=O)CC5)ncn4)c3c2)cn1. The van der Waals surface area contributed by atoms with Crippen molar-refractivity contribution in [3.05, 3.63) is 49.2 Å². The van der Waals surface area contributed by atoms with Crippen LogP contribution in [0.25, 0.3) is 27.8 Å². The predicted octanol–water partition coefficient (Wildman–Crippen LogP) is 1.30. The van der Waals surface area contributed by atoms with Gasteiger partial charge in [0.05, 0.1) is 24.2 Å². The van der Waals surface area contributed by atoms with Crippen molar-refractivity contribution in [2.75, 3.05) is 37.3 Å². The fourth-order valence-corrected chi connectivity index (χ4v) is 4.65. The number of hydrogen-bond acceptors (Lipinski definition) is 7. The number of aryl methyl sites for hydroxylation is 1. The van der Waals surface area contributed by atoms with Crippen LogP contribution in [0.3, 0.4) is 0 Å². The number of nitrogens with zero attached hydrogens (tertiary/aromatic N) is 8. The van der Waals surface area contributed by atoms with E-state index < -0.39 is 10.0 Å². The van der Waals surface area contributed by atoms with Crippen molar-refractivity contribution >= 4 is 26.7 Å². The summed E-state index contributed by atoms with van der Waals surface area (Å²) < 4.78 is 28.6. The van der Waals surface area contributed by atoms with Gasteiger partial charge in [0.1, 0.15) is 12.1 Å². The van der Waals surface area contributed by atoms with Crippen molar-refractivity contribution in [2.45, 2.75) is 0 Å². The van der Waals surface area contributed by atoms with Gasteiger partial charge in [0.25, 0.3) is 0 Å². The summed E-state index contributed by atoms with van der Waals surface area (Å²) in [5.74, 6) is 1.42. The highest BCUT2D eigenvalue weighted by molar-refractivity contribution is 7.88. The van der Waals surface area contributed by atoms with Crippen LogP contribution in [0.15, 0.2) is 49.2 Å². The zero-order chi connectivity index (χ0) is 21.6. The van der Waals surface area contributed by atoms with E-state index in [-0.39, 0.29) is 0 Å². The maximum absolute atomic E-state index is 11.8. The van der Waals surface area contributed by atoms with E-state index in [0.29, 0.717) is 32.0 Å². The molecule has 0 unspecified atom stereocenters. The lowest BCUT2D eigenvalue weighted by Gasteiger charge is -2.33. The zero-order valence-corrected chi connectivity index (χ0v) is 18.1. The average molecular weight is 439 g/mol. The van der Waals surface area contributed by atoms with Crippen LogP contribution in [0, 0.1) is 0 Å². The van der Waals surface area contributed by atoms with E-state index in [4.69, 9.17) is 0 Å². The molecule has 3 aromatic heterocycles. The molecule has 0 radical (unpaired) electrons. The number of piperazine rings is 1. The molecule has 11 heteroatoms. The van der Waals surface area contributed by atoms with E-state index in [1.54, 1.807) is 9.36 Å². The van der Waals surface area contributed by atoms with E-state index in [0.717, 1.165) is 27.8 Å². The Labute approximate surface area is 179 Å². The molecule has 0 spiro atoms. The summed E-state index contributed by atoms with van der Waals surface area (Å²) in [5, 5.41) is 9.80. The third kappa shape index (κ3) is 3.77. The van der Waals surface area contributed by atoms with Crippen molar-refractivity contribution in [3.63, 3.8) is 0 Å². The Morgan fingerprint density at radius 3 is 2.39 bits per heavy atom. The molecule has 1 fully saturated rings. The van der Waals surface area contributed by atoms with Gasteiger partial charge in [0.15, 0.2) is 5.82 Å². The molecule has 0 N–H and O–H groups in total. The maximum atomic E-state index is 11.8. The minimum atomic E-state index is -3.17. The lowest BCUT2D eigenvalue weighted by molar-refractivity contribution is 0.387. The molecule has 1 aliphatic rings. The van der Waals surface area contributed by atoms with Gasteiger partial charge in [-0.05, 0) is 11.6 Å². The molecular weight excluding hydrogens is 416 g/mol. The molecule has 4 aromatic rings. The Bertz CT molecular complexity index is 1350. The number of rotatable bonds is 4. The number of benzene rings is 1. The Hall–Kier alpha value is -3.31. The van der Waals surface area contributed by atoms with Crippen LogP contribution >= 0.6 is 0 Å². The van der Waals surface area contributed by atoms with Gasteiger partial charge in [-0.2, -0.15) is 14.5 Å². The topological polar surface area (TPSA) is 102 Å². The smallest absolute Gasteiger partial charge is 0.211 e. The minimum Gasteiger partial charge on any atom is -0.354 e. The van der Waals surface area contributed by atoms with Gasteiger partial charge in [0.2, 0.25) is 10.0 Å². The lowest BCUT2D eigenvalue weighted by atomic mass is 10.1. The molecule has 0 amide bonds. The van der Waals surface area contributed by atoms with Gasteiger partial charge in [-0.15, -0.1) is 0 Å². The third-order valence-corrected chi connectivity index (χ3v) is 6.80. The van der Waals surface area contributed by atoms with E-state index in [9.17, 15) is 8.42 Å². The first kappa shape index (κ1) is 19.6. The Morgan fingerprint density at radius 2 is 1.68 bits per heavy atom. The van der Waals surface area contributed by atoms with E-state index >= 15 is 0 Å². The summed E-state index contributed by atoms with van der Waals surface area (Å²) in [6.07, 6.45) is 8.39. The first-order valence-corrected chi connectivity index (χ1v) is 11.7. The molecule has 1 aromatic carbocycles. The molecule has 5 rings (SSSR count). The molecule has 0 aliphatic carbocycles. The summed E-state index contributed by atoms with van der Waals surface area (Å²) >= 11 is 0. The maximum Gasteiger partial charge on any atom is 0.211 e. The zero-order valence-electron chi connectivity index (χ0n) is 17.2. The molecule has 10 nitrogen and oxygen atoms in total. The fraction of sp³-hybridized carbons (Fsp3) is 0.300. The summed E-state index contributed by atoms with van der Waals surface area (Å²) in [5.41, 5.74) is 3.02. The highest BCUT2D eigenvalue weighted by Crippen LogP contribution is 2.26. The molecular formula is C20H22N8O2S. The van der Waals surface area contributed by atoms with Crippen LogP contribution in [-0.4, -0.2) is 74.7 Å². The second-order valence-corrected chi connectivity index (χ2v) is 9.60. The van der Waals surface area contributed by atoms with E-state index in [1.807, 2.05) is 37.8 Å². The predicted molar refractivity (Wildman–Crippen MR) is 117 cm³/mol. The van der Waals surface area contributed by atoms with Crippen LogP contribution in [0.2, 0.25) is 0 Å². The monoisotopic (exact) mass is 438 g/mol. The van der Waals surface area contributed by atoms with E-state index in [2.05, 4.69) is 37.2 Å². The minimum absolute atomic E-state index is 0.442. The van der Waals surface area contributed by atoms with Crippen molar-refractivity contribution in [2.24, 2.45) is 7.05 Å². The third-order valence-electron chi connectivity index (χ3n) is 5.50. The van der Waals surface area contributed by atoms with Crippen LogP contribution < -0.4 is 4.90 Å². The molecule has 4 heterocycles. The largest absolute Gasteiger partial charge is 0.354 e. The summed E-state index contributed by atoms with van der Waals surface area (Å²) in [6.45, 7) is 2.04. The lowest BCUT2D eigenvalue weighted by Crippen LogP contribution is -2.48. The Morgan fingerprint density at radius 1 is 0.903 bits per heavy atom. The second kappa shape index (κ2) is 7.43. The molecule has 1 aliphatic heterocycles. The molecule has 0 bridgehead atoms. The van der Waals surface area contributed by atoms with Crippen molar-refractivity contribution in [1.82, 2.24) is 33.8 Å². The van der Waals surface area contributed by atoms with Gasteiger partial charge < -0.3 is 4.90 Å². The standard InChI is InChI=1S/C20H22N8O2S/c1-25-13-17(12-23-25)15-3-4-16-11-24-28(18(16)9-15)20-10-19(21-14-22-20)26-5-7-27(8-6-26)31(2,29)30/h3-4,9-14H,5-8H2,1-2H3. The summed E-state index contributed by atoms with van der Waals surface area (Å²) in [6, 6.07) is 8.05. The Kier molecular flexibility index (Phi) is 4.71. The second-order valence-electron chi connectivity index (χ2n) is 7.62. The number of hydrogen-bond donors (Lipinski definition) is 0. The molecule has 1 saturated heterocycles. The van der Waals surface area contributed by atoms with Crippen molar-refractivity contribution in [1.29, 1.82) is 0 Å². The number of anilines is 1.